The van der Waals surface area contributed by atoms with Crippen molar-refractivity contribution in [2.45, 2.75) is 12.3 Å². The van der Waals surface area contributed by atoms with E-state index in [0.29, 0.717) is 0 Å². The van der Waals surface area contributed by atoms with Crippen molar-refractivity contribution in [3.8, 4) is 5.75 Å². The van der Waals surface area contributed by atoms with Gasteiger partial charge < -0.3 is 15.9 Å². The number of anilines is 1. The van der Waals surface area contributed by atoms with Crippen LogP contribution in [0.3, 0.4) is 0 Å². The summed E-state index contributed by atoms with van der Waals surface area (Å²) in [6.45, 7) is 0. The Labute approximate surface area is 113 Å². The van der Waals surface area contributed by atoms with Crippen LogP contribution in [0, 0.1) is 0 Å². The third-order valence-corrected chi connectivity index (χ3v) is 2.93. The van der Waals surface area contributed by atoms with Gasteiger partial charge in [-0.2, -0.15) is 13.2 Å². The Kier molecular flexibility index (Phi) is 3.59. The van der Waals surface area contributed by atoms with Gasteiger partial charge in [0.1, 0.15) is 11.9 Å². The molecule has 0 spiro atoms. The summed E-state index contributed by atoms with van der Waals surface area (Å²) in [6, 6.07) is 8.46. The Bertz CT molecular complexity index is 626. The molecule has 0 aliphatic heterocycles. The molecule has 0 aromatic heterocycles. The van der Waals surface area contributed by atoms with E-state index in [1.165, 1.54) is 30.3 Å². The predicted octanol–water partition coefficient (Wildman–Crippen LogP) is 3.07. The van der Waals surface area contributed by atoms with Crippen molar-refractivity contribution in [3.63, 3.8) is 0 Å². The summed E-state index contributed by atoms with van der Waals surface area (Å²) < 4.78 is 38.7. The van der Waals surface area contributed by atoms with Gasteiger partial charge in [-0.05, 0) is 29.8 Å². The minimum atomic E-state index is -4.58. The fourth-order valence-corrected chi connectivity index (χ4v) is 1.96. The molecular formula is C14H12F3NO2. The lowest BCUT2D eigenvalue weighted by atomic mass is 9.95. The molecule has 2 aromatic carbocycles. The van der Waals surface area contributed by atoms with E-state index in [9.17, 15) is 23.4 Å². The van der Waals surface area contributed by atoms with E-state index in [-0.39, 0.29) is 22.6 Å². The number of hydrogen-bond donors (Lipinski definition) is 3. The molecule has 106 valence electrons. The van der Waals surface area contributed by atoms with Crippen LogP contribution in [0.25, 0.3) is 0 Å². The molecule has 20 heavy (non-hydrogen) atoms. The summed E-state index contributed by atoms with van der Waals surface area (Å²) in [5.41, 5.74) is 4.52. The summed E-state index contributed by atoms with van der Waals surface area (Å²) in [4.78, 5) is 0. The topological polar surface area (TPSA) is 66.5 Å². The van der Waals surface area contributed by atoms with Crippen LogP contribution < -0.4 is 5.73 Å². The van der Waals surface area contributed by atoms with Gasteiger partial charge in [-0.15, -0.1) is 0 Å². The zero-order valence-electron chi connectivity index (χ0n) is 10.2. The molecule has 2 rings (SSSR count). The van der Waals surface area contributed by atoms with E-state index >= 15 is 0 Å². The van der Waals surface area contributed by atoms with Crippen molar-refractivity contribution in [1.82, 2.24) is 0 Å². The lowest BCUT2D eigenvalue weighted by Crippen LogP contribution is -2.13. The molecule has 1 unspecified atom stereocenters. The maximum absolute atomic E-state index is 12.9. The molecule has 0 aliphatic rings. The van der Waals surface area contributed by atoms with Gasteiger partial charge in [-0.25, -0.2) is 0 Å². The molecule has 0 fully saturated rings. The smallest absolute Gasteiger partial charge is 0.416 e. The van der Waals surface area contributed by atoms with Gasteiger partial charge in [0.05, 0.1) is 5.56 Å². The number of nitrogen functional groups attached to an aromatic ring is 1. The number of alkyl halides is 3. The average Bonchev–Trinajstić information content (AvgIpc) is 2.40. The second-order valence-corrected chi connectivity index (χ2v) is 4.30. The van der Waals surface area contributed by atoms with Crippen LogP contribution >= 0.6 is 0 Å². The molecule has 1 atom stereocenters. The number of hydrogen-bond acceptors (Lipinski definition) is 3. The number of halogens is 3. The number of benzene rings is 2. The molecule has 0 saturated heterocycles. The number of aromatic hydroxyl groups is 1. The van der Waals surface area contributed by atoms with Gasteiger partial charge in [0.15, 0.2) is 0 Å². The van der Waals surface area contributed by atoms with Crippen molar-refractivity contribution in [3.05, 3.63) is 59.2 Å². The minimum Gasteiger partial charge on any atom is -0.508 e. The number of nitrogens with two attached hydrogens (primary N) is 1. The van der Waals surface area contributed by atoms with Gasteiger partial charge in [0.25, 0.3) is 0 Å². The van der Waals surface area contributed by atoms with E-state index < -0.39 is 17.8 Å². The van der Waals surface area contributed by atoms with Crippen LogP contribution in [0.5, 0.6) is 5.75 Å². The Balaban J connectivity index is 2.54. The molecule has 0 radical (unpaired) electrons. The highest BCUT2D eigenvalue weighted by atomic mass is 19.4. The second-order valence-electron chi connectivity index (χ2n) is 4.30. The molecule has 6 heteroatoms. The molecular weight excluding hydrogens is 271 g/mol. The number of phenolic OH excluding ortho intramolecular Hbond substituents is 1. The average molecular weight is 283 g/mol. The fourth-order valence-electron chi connectivity index (χ4n) is 1.96. The van der Waals surface area contributed by atoms with Crippen molar-refractivity contribution >= 4 is 5.69 Å². The van der Waals surface area contributed by atoms with Crippen LogP contribution in [-0.2, 0) is 6.18 Å². The van der Waals surface area contributed by atoms with Gasteiger partial charge in [0, 0.05) is 11.3 Å². The maximum atomic E-state index is 12.9. The highest BCUT2D eigenvalue weighted by molar-refractivity contribution is 5.54. The fraction of sp³-hybridized carbons (Fsp3) is 0.143. The molecule has 0 saturated carbocycles. The largest absolute Gasteiger partial charge is 0.508 e. The summed E-state index contributed by atoms with van der Waals surface area (Å²) >= 11 is 0. The first-order chi connectivity index (χ1) is 9.30. The first kappa shape index (κ1) is 14.2. The third kappa shape index (κ3) is 2.70. The highest BCUT2D eigenvalue weighted by Gasteiger charge is 2.35. The summed E-state index contributed by atoms with van der Waals surface area (Å²) in [7, 11) is 0. The van der Waals surface area contributed by atoms with Crippen molar-refractivity contribution in [1.29, 1.82) is 0 Å². The Morgan fingerprint density at radius 1 is 1.00 bits per heavy atom. The number of rotatable bonds is 2. The molecule has 0 heterocycles. The van der Waals surface area contributed by atoms with Crippen LogP contribution in [-0.4, -0.2) is 10.2 Å². The van der Waals surface area contributed by atoms with Gasteiger partial charge in [-0.1, -0.05) is 18.2 Å². The minimum absolute atomic E-state index is 0.0294. The number of phenols is 1. The van der Waals surface area contributed by atoms with Gasteiger partial charge >= 0.3 is 6.18 Å². The lowest BCUT2D eigenvalue weighted by molar-refractivity contribution is -0.139. The molecule has 0 amide bonds. The molecule has 2 aromatic rings. The van der Waals surface area contributed by atoms with E-state index in [1.54, 1.807) is 0 Å². The highest BCUT2D eigenvalue weighted by Crippen LogP contribution is 2.38. The predicted molar refractivity (Wildman–Crippen MR) is 68.0 cm³/mol. The number of aliphatic hydroxyl groups is 1. The normalized spacial score (nSPS) is 13.2. The molecule has 3 nitrogen and oxygen atoms in total. The quantitative estimate of drug-likeness (QED) is 0.586. The first-order valence-corrected chi connectivity index (χ1v) is 5.73. The van der Waals surface area contributed by atoms with Crippen LogP contribution in [0.15, 0.2) is 42.5 Å². The first-order valence-electron chi connectivity index (χ1n) is 5.73. The Morgan fingerprint density at radius 3 is 2.30 bits per heavy atom. The summed E-state index contributed by atoms with van der Waals surface area (Å²) in [6.07, 6.45) is -6.15. The van der Waals surface area contributed by atoms with Crippen molar-refractivity contribution < 1.29 is 23.4 Å². The monoisotopic (exact) mass is 283 g/mol. The van der Waals surface area contributed by atoms with Gasteiger partial charge in [0.2, 0.25) is 0 Å². The van der Waals surface area contributed by atoms with E-state index in [4.69, 9.17) is 5.73 Å². The third-order valence-electron chi connectivity index (χ3n) is 2.93. The molecule has 0 bridgehead atoms. The molecule has 4 N–H and O–H groups in total. The maximum Gasteiger partial charge on any atom is 0.416 e. The SMILES string of the molecule is Nc1ccc(O)cc1C(O)c1ccccc1C(F)(F)F. The zero-order valence-corrected chi connectivity index (χ0v) is 10.2. The molecule has 0 aliphatic carbocycles. The Hall–Kier alpha value is -2.21. The standard InChI is InChI=1S/C14H12F3NO2/c15-14(16,17)11-4-2-1-3-9(11)13(20)10-7-8(19)5-6-12(10)18/h1-7,13,19-20H,18H2. The van der Waals surface area contributed by atoms with Crippen molar-refractivity contribution in [2.75, 3.05) is 5.73 Å². The zero-order chi connectivity index (χ0) is 14.9. The van der Waals surface area contributed by atoms with E-state index in [1.807, 2.05) is 0 Å². The Morgan fingerprint density at radius 2 is 1.65 bits per heavy atom. The second kappa shape index (κ2) is 5.05. The lowest BCUT2D eigenvalue weighted by Gasteiger charge is -2.19. The number of aliphatic hydroxyl groups excluding tert-OH is 1. The summed E-state index contributed by atoms with van der Waals surface area (Å²) in [5, 5.41) is 19.5. The van der Waals surface area contributed by atoms with Gasteiger partial charge in [-0.3, -0.25) is 0 Å². The van der Waals surface area contributed by atoms with Crippen molar-refractivity contribution in [2.24, 2.45) is 0 Å². The van der Waals surface area contributed by atoms with E-state index in [0.717, 1.165) is 12.1 Å². The van der Waals surface area contributed by atoms with Crippen LogP contribution in [0.2, 0.25) is 0 Å². The van der Waals surface area contributed by atoms with Crippen LogP contribution in [0.1, 0.15) is 22.8 Å². The summed E-state index contributed by atoms with van der Waals surface area (Å²) in [5.74, 6) is -0.183. The van der Waals surface area contributed by atoms with Crippen LogP contribution in [0.4, 0.5) is 18.9 Å². The van der Waals surface area contributed by atoms with E-state index in [2.05, 4.69) is 0 Å².